The van der Waals surface area contributed by atoms with Crippen LogP contribution in [0.3, 0.4) is 0 Å². The second-order valence-corrected chi connectivity index (χ2v) is 8.33. The lowest BCUT2D eigenvalue weighted by molar-refractivity contribution is -0.255. The van der Waals surface area contributed by atoms with Gasteiger partial charge in [-0.1, -0.05) is 19.8 Å². The lowest BCUT2D eigenvalue weighted by atomic mass is 9.70. The molecule has 0 spiro atoms. The molecule has 0 bridgehead atoms. The minimum absolute atomic E-state index is 0. The van der Waals surface area contributed by atoms with Crippen molar-refractivity contribution in [2.75, 3.05) is 26.2 Å². The summed E-state index contributed by atoms with van der Waals surface area (Å²) in [6.07, 6.45) is 1.58. The van der Waals surface area contributed by atoms with Gasteiger partial charge >= 0.3 is 6.75 Å². The highest BCUT2D eigenvalue weighted by molar-refractivity contribution is 6.59. The van der Waals surface area contributed by atoms with E-state index in [-0.39, 0.29) is 49.1 Å². The Morgan fingerprint density at radius 2 is 1.97 bits per heavy atom. The van der Waals surface area contributed by atoms with Gasteiger partial charge in [0.15, 0.2) is 0 Å². The summed E-state index contributed by atoms with van der Waals surface area (Å²) in [4.78, 5) is 25.9. The van der Waals surface area contributed by atoms with Crippen molar-refractivity contribution in [3.05, 3.63) is 23.3 Å². The van der Waals surface area contributed by atoms with Gasteiger partial charge in [-0.2, -0.15) is 0 Å². The monoisotopic (exact) mass is 435 g/mol. The van der Waals surface area contributed by atoms with Crippen LogP contribution >= 0.6 is 0 Å². The number of amides is 1. The normalized spacial score (nSPS) is 21.7. The van der Waals surface area contributed by atoms with Crippen molar-refractivity contribution in [1.82, 2.24) is 10.2 Å². The Labute approximate surface area is 181 Å². The molecule has 172 valence electrons. The van der Waals surface area contributed by atoms with Crippen molar-refractivity contribution in [3.8, 4) is 11.5 Å². The van der Waals surface area contributed by atoms with Crippen LogP contribution in [0.1, 0.15) is 36.2 Å². The van der Waals surface area contributed by atoms with Crippen molar-refractivity contribution in [3.63, 3.8) is 0 Å². The maximum Gasteiger partial charge on any atom is 0.430 e. The predicted octanol–water partition coefficient (Wildman–Crippen LogP) is -1.54. The van der Waals surface area contributed by atoms with Crippen LogP contribution < -0.4 is 25.5 Å². The average molecular weight is 435 g/mol. The second kappa shape index (κ2) is 9.03. The lowest BCUT2D eigenvalue weighted by Crippen LogP contribution is -2.61. The summed E-state index contributed by atoms with van der Waals surface area (Å²) in [6.45, 7) is -0.808. The third kappa shape index (κ3) is 4.79. The maximum atomic E-state index is 12.6. The zero-order valence-electron chi connectivity index (χ0n) is 16.6. The fraction of sp³-hybridized carbons (Fsp3) is 0.600. The molecule has 11 heteroatoms. The summed E-state index contributed by atoms with van der Waals surface area (Å²) in [5.74, 6) is -1.62. The van der Waals surface area contributed by atoms with Crippen LogP contribution in [0.15, 0.2) is 12.1 Å². The van der Waals surface area contributed by atoms with E-state index < -0.39 is 24.9 Å². The van der Waals surface area contributed by atoms with E-state index in [1.165, 1.54) is 6.07 Å². The molecular weight excluding hydrogens is 405 g/mol. The summed E-state index contributed by atoms with van der Waals surface area (Å²) in [5, 5.41) is 34.6. The highest BCUT2D eigenvalue weighted by Crippen LogP contribution is 2.38. The number of hydrogen-bond acceptors (Lipinski definition) is 9. The molecule has 1 unspecified atom stereocenters. The summed E-state index contributed by atoms with van der Waals surface area (Å²) >= 11 is 0. The quantitative estimate of drug-likeness (QED) is 0.403. The molecular formula is C20H30BN3O7-2. The minimum Gasteiger partial charge on any atom is -0.669 e. The Balaban J connectivity index is 0.00000272. The summed E-state index contributed by atoms with van der Waals surface area (Å²) in [7, 11) is 0. The number of nitrogens with zero attached hydrogens (tertiary/aromatic N) is 1. The SMILES string of the molecule is C.NC(C(=O)N1CC(Oc2ccc3c(c2C(=O)[O-])O[B-](O)(O)CC3)C1)C1CCNCC1. The Hall–Kier alpha value is -2.34. The first-order chi connectivity index (χ1) is 14.2. The molecule has 3 aliphatic rings. The highest BCUT2D eigenvalue weighted by atomic mass is 16.6. The number of piperidine rings is 1. The van der Waals surface area contributed by atoms with E-state index in [1.807, 2.05) is 0 Å². The summed E-state index contributed by atoms with van der Waals surface area (Å²) in [5.41, 5.74) is 6.35. The van der Waals surface area contributed by atoms with Crippen LogP contribution in [0.2, 0.25) is 6.32 Å². The van der Waals surface area contributed by atoms with Crippen LogP contribution in [0.5, 0.6) is 11.5 Å². The van der Waals surface area contributed by atoms with Gasteiger partial charge in [0.25, 0.3) is 0 Å². The van der Waals surface area contributed by atoms with Crippen LogP contribution in [-0.2, 0) is 11.2 Å². The smallest absolute Gasteiger partial charge is 0.430 e. The number of carbonyl (C=O) groups excluding carboxylic acids is 2. The van der Waals surface area contributed by atoms with Crippen LogP contribution in [0.25, 0.3) is 0 Å². The zero-order valence-corrected chi connectivity index (χ0v) is 16.6. The van der Waals surface area contributed by atoms with Gasteiger partial charge in [0.2, 0.25) is 5.91 Å². The van der Waals surface area contributed by atoms with Gasteiger partial charge in [-0.15, -0.1) is 0 Å². The molecule has 2 saturated heterocycles. The number of nitrogens with two attached hydrogens (primary N) is 1. The van der Waals surface area contributed by atoms with Gasteiger partial charge in [0, 0.05) is 0 Å². The number of nitrogens with one attached hydrogen (secondary N) is 1. The van der Waals surface area contributed by atoms with E-state index in [2.05, 4.69) is 5.32 Å². The number of carboxylic acid groups (broad SMARTS) is 1. The Bertz CT molecular complexity index is 838. The number of aromatic carboxylic acids is 1. The van der Waals surface area contributed by atoms with Gasteiger partial charge in [-0.25, -0.2) is 0 Å². The van der Waals surface area contributed by atoms with E-state index in [0.717, 1.165) is 25.9 Å². The number of carbonyl (C=O) groups is 2. The van der Waals surface area contributed by atoms with Crippen molar-refractivity contribution >= 4 is 18.6 Å². The van der Waals surface area contributed by atoms with Crippen molar-refractivity contribution in [2.45, 2.75) is 45.2 Å². The summed E-state index contributed by atoms with van der Waals surface area (Å²) in [6, 6.07) is 2.60. The number of likely N-dealkylation sites (tertiary alicyclic amines) is 1. The molecule has 1 aromatic rings. The average Bonchev–Trinajstić information content (AvgIpc) is 2.68. The number of hydrogen-bond donors (Lipinski definition) is 4. The molecule has 3 aliphatic heterocycles. The van der Waals surface area contributed by atoms with Crippen molar-refractivity contribution < 1.29 is 34.1 Å². The van der Waals surface area contributed by atoms with E-state index >= 15 is 0 Å². The van der Waals surface area contributed by atoms with Crippen molar-refractivity contribution in [2.24, 2.45) is 11.7 Å². The zero-order chi connectivity index (χ0) is 21.5. The Morgan fingerprint density at radius 1 is 1.29 bits per heavy atom. The van der Waals surface area contributed by atoms with Gasteiger partial charge in [-0.05, 0) is 49.9 Å². The van der Waals surface area contributed by atoms with E-state index in [9.17, 15) is 24.7 Å². The second-order valence-electron chi connectivity index (χ2n) is 8.33. The third-order valence-electron chi connectivity index (χ3n) is 6.13. The van der Waals surface area contributed by atoms with Gasteiger partial charge < -0.3 is 45.3 Å². The first kappa shape index (κ1) is 23.3. The first-order valence-corrected chi connectivity index (χ1v) is 10.3. The number of fused-ring (bicyclic) bond motifs is 1. The number of carboxylic acids is 1. The predicted molar refractivity (Wildman–Crippen MR) is 111 cm³/mol. The fourth-order valence-electron chi connectivity index (χ4n) is 4.31. The molecule has 4 rings (SSSR count). The molecule has 1 amide bonds. The molecule has 5 N–H and O–H groups in total. The Kier molecular flexibility index (Phi) is 6.80. The number of benzene rings is 1. The number of ether oxygens (including phenoxy) is 1. The van der Waals surface area contributed by atoms with Crippen LogP contribution in [0, 0.1) is 5.92 Å². The molecule has 1 aromatic carbocycles. The largest absolute Gasteiger partial charge is 0.669 e. The molecule has 31 heavy (non-hydrogen) atoms. The van der Waals surface area contributed by atoms with Crippen LogP contribution in [0.4, 0.5) is 0 Å². The van der Waals surface area contributed by atoms with Gasteiger partial charge in [0.05, 0.1) is 36.4 Å². The molecule has 0 aliphatic carbocycles. The molecule has 0 radical (unpaired) electrons. The minimum atomic E-state index is -3.12. The molecule has 2 fully saturated rings. The molecule has 3 heterocycles. The molecule has 10 nitrogen and oxygen atoms in total. The van der Waals surface area contributed by atoms with E-state index in [0.29, 0.717) is 18.7 Å². The first-order valence-electron chi connectivity index (χ1n) is 10.3. The molecule has 0 aromatic heterocycles. The standard InChI is InChI=1S/C19H27BN3O7.CH4/c21-16(11-4-7-22-8-5-11)18(24)23-9-13(10-23)29-14-2-1-12-3-6-20(27,28)30-17(12)15(14)19(25)26;/h1-2,11,13,16,22,27-28H,3-10,21H2,(H,25,26);1H4/q-1;/p-1. The van der Waals surface area contributed by atoms with Crippen molar-refractivity contribution in [1.29, 1.82) is 0 Å². The van der Waals surface area contributed by atoms with E-state index in [4.69, 9.17) is 15.1 Å². The lowest BCUT2D eigenvalue weighted by Gasteiger charge is -2.42. The summed E-state index contributed by atoms with van der Waals surface area (Å²) < 4.78 is 10.9. The number of aryl methyl sites for hydroxylation is 1. The van der Waals surface area contributed by atoms with E-state index in [1.54, 1.807) is 11.0 Å². The van der Waals surface area contributed by atoms with Crippen LogP contribution in [-0.4, -0.2) is 71.9 Å². The Morgan fingerprint density at radius 3 is 2.61 bits per heavy atom. The molecule has 1 atom stereocenters. The fourth-order valence-corrected chi connectivity index (χ4v) is 4.31. The third-order valence-corrected chi connectivity index (χ3v) is 6.13. The molecule has 0 saturated carbocycles. The highest BCUT2D eigenvalue weighted by Gasteiger charge is 2.38. The maximum absolute atomic E-state index is 12.6. The topological polar surface area (TPSA) is 157 Å². The van der Waals surface area contributed by atoms with Gasteiger partial charge in [-0.3, -0.25) is 4.79 Å². The van der Waals surface area contributed by atoms with Gasteiger partial charge in [0.1, 0.15) is 11.9 Å². The number of rotatable bonds is 5.